The fourth-order valence-corrected chi connectivity index (χ4v) is 5.50. The molecule has 2 unspecified atom stereocenters. The molecule has 3 heterocycles. The third-order valence-electron chi connectivity index (χ3n) is 7.42. The van der Waals surface area contributed by atoms with E-state index < -0.39 is 34.4 Å². The van der Waals surface area contributed by atoms with Gasteiger partial charge in [-0.1, -0.05) is 30.3 Å². The van der Waals surface area contributed by atoms with Crippen molar-refractivity contribution in [1.82, 2.24) is 14.5 Å². The Bertz CT molecular complexity index is 1630. The third-order valence-corrected chi connectivity index (χ3v) is 7.42. The minimum absolute atomic E-state index is 0.00316. The number of piperidine rings is 1. The minimum Gasteiger partial charge on any atom is -0.462 e. The number of anilines is 1. The molecule has 6 rings (SSSR count). The number of hydrogen-bond donors (Lipinski definition) is 1. The van der Waals surface area contributed by atoms with E-state index in [9.17, 15) is 18.4 Å². The van der Waals surface area contributed by atoms with Gasteiger partial charge in [-0.05, 0) is 42.5 Å². The second-order valence-corrected chi connectivity index (χ2v) is 9.93. The van der Waals surface area contributed by atoms with Crippen LogP contribution < -0.4 is 10.7 Å². The highest BCUT2D eigenvalue weighted by Crippen LogP contribution is 2.47. The molecular formula is C29H25F3N4O3. The zero-order valence-electron chi connectivity index (χ0n) is 21.0. The van der Waals surface area contributed by atoms with Gasteiger partial charge in [0.2, 0.25) is 5.43 Å². The number of fused-ring (bicyclic) bond motifs is 2. The Kier molecular flexibility index (Phi) is 6.34. The van der Waals surface area contributed by atoms with Gasteiger partial charge in [-0.3, -0.25) is 14.3 Å². The molecule has 39 heavy (non-hydrogen) atoms. The van der Waals surface area contributed by atoms with E-state index in [1.807, 2.05) is 18.2 Å². The molecule has 4 aromatic rings. The van der Waals surface area contributed by atoms with Crippen molar-refractivity contribution in [2.75, 3.05) is 25.0 Å². The van der Waals surface area contributed by atoms with Crippen LogP contribution in [0.25, 0.3) is 16.7 Å². The number of benzene rings is 2. The Morgan fingerprint density at radius 2 is 1.79 bits per heavy atom. The quantitative estimate of drug-likeness (QED) is 0.352. The summed E-state index contributed by atoms with van der Waals surface area (Å²) in [5.41, 5.74) is -0.195. The molecule has 2 atom stereocenters. The number of pyridine rings is 2. The molecule has 1 aliphatic carbocycles. The minimum atomic E-state index is -0.939. The van der Waals surface area contributed by atoms with E-state index in [-0.39, 0.29) is 35.2 Å². The van der Waals surface area contributed by atoms with E-state index in [1.165, 1.54) is 5.56 Å². The Morgan fingerprint density at radius 1 is 1.05 bits per heavy atom. The first-order valence-corrected chi connectivity index (χ1v) is 12.7. The van der Waals surface area contributed by atoms with Crippen molar-refractivity contribution in [2.24, 2.45) is 11.8 Å². The van der Waals surface area contributed by atoms with Crippen LogP contribution in [0, 0.1) is 29.3 Å². The normalized spacial score (nSPS) is 20.2. The molecule has 10 heteroatoms. The van der Waals surface area contributed by atoms with Gasteiger partial charge in [0.05, 0.1) is 17.7 Å². The van der Waals surface area contributed by atoms with E-state index in [0.717, 1.165) is 48.6 Å². The Balaban J connectivity index is 1.33. The summed E-state index contributed by atoms with van der Waals surface area (Å²) in [6.07, 6.45) is 1.10. The predicted octanol–water partition coefficient (Wildman–Crippen LogP) is 4.52. The summed E-state index contributed by atoms with van der Waals surface area (Å²) >= 11 is 0. The number of likely N-dealkylation sites (tertiary alicyclic amines) is 1. The summed E-state index contributed by atoms with van der Waals surface area (Å²) in [5.74, 6) is -2.86. The number of carbonyl (C=O) groups is 1. The predicted molar refractivity (Wildman–Crippen MR) is 139 cm³/mol. The smallest absolute Gasteiger partial charge is 0.343 e. The third kappa shape index (κ3) is 4.65. The standard InChI is InChI=1S/C29H25F3N4O3/c1-2-39-29(38)21-15-36(24-9-8-17(30)10-22(24)31)28-18(26(21)37)11-23(32)27(34-28)33-25-19-13-35(14-20(19)25)12-16-6-4-3-5-7-16/h3-11,15,19-20,25H,2,12-14H2,1H3,(H,33,34). The molecule has 1 saturated carbocycles. The van der Waals surface area contributed by atoms with Gasteiger partial charge < -0.3 is 10.1 Å². The first-order chi connectivity index (χ1) is 18.8. The molecular weight excluding hydrogens is 509 g/mol. The van der Waals surface area contributed by atoms with Crippen molar-refractivity contribution in [3.63, 3.8) is 0 Å². The first kappa shape index (κ1) is 25.1. The van der Waals surface area contributed by atoms with Crippen LogP contribution in [-0.4, -0.2) is 46.2 Å². The molecule has 0 radical (unpaired) electrons. The second-order valence-electron chi connectivity index (χ2n) is 9.93. The van der Waals surface area contributed by atoms with Gasteiger partial charge in [0.1, 0.15) is 17.2 Å². The highest BCUT2D eigenvalue weighted by atomic mass is 19.1. The lowest BCUT2D eigenvalue weighted by atomic mass is 10.1. The van der Waals surface area contributed by atoms with E-state index in [0.29, 0.717) is 17.9 Å². The number of esters is 1. The molecule has 0 bridgehead atoms. The van der Waals surface area contributed by atoms with Gasteiger partial charge in [0, 0.05) is 37.9 Å². The highest BCUT2D eigenvalue weighted by molar-refractivity contribution is 5.94. The van der Waals surface area contributed by atoms with E-state index in [2.05, 4.69) is 27.3 Å². The van der Waals surface area contributed by atoms with Crippen LogP contribution >= 0.6 is 0 Å². The SMILES string of the molecule is CCOC(=O)c1cn(-c2ccc(F)cc2F)c2nc(NC3C4CN(Cc5ccccc5)CC43)c(F)cc2c1=O. The molecule has 2 aromatic carbocycles. The molecule has 2 aliphatic rings. The fraction of sp³-hybridized carbons (Fsp3) is 0.276. The zero-order chi connectivity index (χ0) is 27.3. The maximum Gasteiger partial charge on any atom is 0.343 e. The van der Waals surface area contributed by atoms with Crippen molar-refractivity contribution < 1.29 is 22.7 Å². The topological polar surface area (TPSA) is 76.5 Å². The average Bonchev–Trinajstić information content (AvgIpc) is 3.34. The lowest BCUT2D eigenvalue weighted by Crippen LogP contribution is -2.28. The maximum absolute atomic E-state index is 15.3. The highest BCUT2D eigenvalue weighted by Gasteiger charge is 2.56. The molecule has 1 saturated heterocycles. The number of ether oxygens (including phenoxy) is 1. The summed E-state index contributed by atoms with van der Waals surface area (Å²) in [4.78, 5) is 32.3. The van der Waals surface area contributed by atoms with Crippen LogP contribution in [0.3, 0.4) is 0 Å². The Hall–Kier alpha value is -4.18. The number of carbonyl (C=O) groups excluding carboxylic acids is 1. The molecule has 1 aliphatic heterocycles. The van der Waals surface area contributed by atoms with Crippen LogP contribution in [0.15, 0.2) is 65.6 Å². The van der Waals surface area contributed by atoms with Crippen LogP contribution in [0.4, 0.5) is 19.0 Å². The monoisotopic (exact) mass is 534 g/mol. The number of halogens is 3. The average molecular weight is 535 g/mol. The summed E-state index contributed by atoms with van der Waals surface area (Å²) in [7, 11) is 0. The van der Waals surface area contributed by atoms with Gasteiger partial charge in [-0.2, -0.15) is 0 Å². The van der Waals surface area contributed by atoms with E-state index in [1.54, 1.807) is 6.92 Å². The van der Waals surface area contributed by atoms with Gasteiger partial charge >= 0.3 is 5.97 Å². The number of aromatic nitrogens is 2. The van der Waals surface area contributed by atoms with Crippen LogP contribution in [0.5, 0.6) is 0 Å². The lowest BCUT2D eigenvalue weighted by molar-refractivity contribution is 0.0524. The van der Waals surface area contributed by atoms with E-state index >= 15 is 4.39 Å². The van der Waals surface area contributed by atoms with Gasteiger partial charge in [0.15, 0.2) is 17.3 Å². The summed E-state index contributed by atoms with van der Waals surface area (Å²) in [6, 6.07) is 14.1. The Labute approximate surface area is 221 Å². The van der Waals surface area contributed by atoms with Crippen LogP contribution in [0.1, 0.15) is 22.8 Å². The molecule has 200 valence electrons. The van der Waals surface area contributed by atoms with Crippen LogP contribution in [0.2, 0.25) is 0 Å². The largest absolute Gasteiger partial charge is 0.462 e. The van der Waals surface area contributed by atoms with Gasteiger partial charge in [-0.15, -0.1) is 0 Å². The summed E-state index contributed by atoms with van der Waals surface area (Å²) in [5, 5.41) is 2.94. The van der Waals surface area contributed by atoms with Crippen molar-refractivity contribution in [1.29, 1.82) is 0 Å². The van der Waals surface area contributed by atoms with Gasteiger partial charge in [-0.25, -0.2) is 22.9 Å². The first-order valence-electron chi connectivity index (χ1n) is 12.7. The molecule has 2 fully saturated rings. The second kappa shape index (κ2) is 9.85. The number of nitrogens with one attached hydrogen (secondary N) is 1. The fourth-order valence-electron chi connectivity index (χ4n) is 5.50. The van der Waals surface area contributed by atoms with Crippen LogP contribution in [-0.2, 0) is 11.3 Å². The lowest BCUT2D eigenvalue weighted by Gasteiger charge is -2.20. The molecule has 0 amide bonds. The number of rotatable bonds is 7. The number of hydrogen-bond acceptors (Lipinski definition) is 6. The molecule has 2 aromatic heterocycles. The molecule has 0 spiro atoms. The molecule has 7 nitrogen and oxygen atoms in total. The van der Waals surface area contributed by atoms with Crippen molar-refractivity contribution in [3.05, 3.63) is 99.6 Å². The van der Waals surface area contributed by atoms with Crippen molar-refractivity contribution >= 4 is 22.8 Å². The van der Waals surface area contributed by atoms with Crippen molar-refractivity contribution in [2.45, 2.75) is 19.5 Å². The zero-order valence-corrected chi connectivity index (χ0v) is 21.0. The number of nitrogens with zero attached hydrogens (tertiary/aromatic N) is 3. The summed E-state index contributed by atoms with van der Waals surface area (Å²) in [6.45, 7) is 4.15. The summed E-state index contributed by atoms with van der Waals surface area (Å²) < 4.78 is 49.8. The van der Waals surface area contributed by atoms with Gasteiger partial charge in [0.25, 0.3) is 0 Å². The maximum atomic E-state index is 15.3. The van der Waals surface area contributed by atoms with E-state index in [4.69, 9.17) is 4.74 Å². The Morgan fingerprint density at radius 3 is 2.49 bits per heavy atom. The molecule has 1 N–H and O–H groups in total. The van der Waals surface area contributed by atoms with Crippen molar-refractivity contribution in [3.8, 4) is 5.69 Å².